The van der Waals surface area contributed by atoms with Crippen molar-refractivity contribution >= 4 is 38.9 Å². The molecule has 0 saturated carbocycles. The zero-order valence-corrected chi connectivity index (χ0v) is 15.7. The lowest BCUT2D eigenvalue weighted by Crippen LogP contribution is -2.27. The summed E-state index contributed by atoms with van der Waals surface area (Å²) in [5.74, 6) is -1.04. The van der Waals surface area contributed by atoms with E-state index >= 15 is 0 Å². The van der Waals surface area contributed by atoms with Crippen LogP contribution in [0.4, 0.5) is 0 Å². The first-order chi connectivity index (χ1) is 12.4. The van der Waals surface area contributed by atoms with E-state index < -0.39 is 12.1 Å². The molecule has 3 N–H and O–H groups in total. The monoisotopic (exact) mass is 406 g/mol. The standard InChI is InChI=1S/C18H14O5S3/c19-13-6-1-10(7-14(13)20)8-15(21)18(22)23-12-4-2-11(3-5-12)16-9-17(24)26-25-16/h1-7,9,15,19-21H,8H2. The van der Waals surface area contributed by atoms with Crippen molar-refractivity contribution in [2.24, 2.45) is 0 Å². The largest absolute Gasteiger partial charge is 0.504 e. The fourth-order valence-electron chi connectivity index (χ4n) is 2.25. The van der Waals surface area contributed by atoms with Crippen molar-refractivity contribution in [1.82, 2.24) is 0 Å². The van der Waals surface area contributed by atoms with Crippen molar-refractivity contribution in [2.45, 2.75) is 12.5 Å². The zero-order chi connectivity index (χ0) is 18.7. The Bertz CT molecular complexity index is 975. The maximum Gasteiger partial charge on any atom is 0.340 e. The molecule has 0 bridgehead atoms. The maximum atomic E-state index is 12.0. The van der Waals surface area contributed by atoms with Crippen molar-refractivity contribution in [3.8, 4) is 27.7 Å². The second kappa shape index (κ2) is 7.96. The van der Waals surface area contributed by atoms with Crippen LogP contribution in [0.25, 0.3) is 10.4 Å². The molecule has 0 radical (unpaired) electrons. The molecule has 5 nitrogen and oxygen atoms in total. The van der Waals surface area contributed by atoms with E-state index in [1.54, 1.807) is 22.5 Å². The Hall–Kier alpha value is -2.26. The lowest BCUT2D eigenvalue weighted by molar-refractivity contribution is -0.143. The highest BCUT2D eigenvalue weighted by molar-refractivity contribution is 7.80. The van der Waals surface area contributed by atoms with Crippen LogP contribution in [0.1, 0.15) is 5.56 Å². The Morgan fingerprint density at radius 1 is 1.04 bits per heavy atom. The Morgan fingerprint density at radius 2 is 1.77 bits per heavy atom. The first kappa shape index (κ1) is 18.5. The molecule has 0 aliphatic carbocycles. The van der Waals surface area contributed by atoms with Gasteiger partial charge in [0.05, 0.1) is 0 Å². The van der Waals surface area contributed by atoms with Gasteiger partial charge in [-0.15, -0.1) is 0 Å². The molecule has 0 aliphatic rings. The van der Waals surface area contributed by atoms with Gasteiger partial charge in [-0.1, -0.05) is 39.0 Å². The van der Waals surface area contributed by atoms with Crippen LogP contribution in [0.2, 0.25) is 0 Å². The zero-order valence-electron chi connectivity index (χ0n) is 13.3. The van der Waals surface area contributed by atoms with Gasteiger partial charge in [-0.25, -0.2) is 4.79 Å². The fraction of sp³-hybridized carbons (Fsp3) is 0.111. The molecule has 0 amide bonds. The van der Waals surface area contributed by atoms with Gasteiger partial charge in [0.15, 0.2) is 17.6 Å². The van der Waals surface area contributed by atoms with E-state index in [2.05, 4.69) is 0 Å². The van der Waals surface area contributed by atoms with Crippen LogP contribution in [0.3, 0.4) is 0 Å². The van der Waals surface area contributed by atoms with Gasteiger partial charge >= 0.3 is 5.97 Å². The minimum absolute atomic E-state index is 0.0387. The number of ether oxygens (including phenoxy) is 1. The number of aromatic hydroxyl groups is 2. The molecule has 134 valence electrons. The van der Waals surface area contributed by atoms with E-state index in [1.165, 1.54) is 28.5 Å². The van der Waals surface area contributed by atoms with Crippen LogP contribution >= 0.6 is 32.9 Å². The van der Waals surface area contributed by atoms with E-state index in [-0.39, 0.29) is 17.9 Å². The fourth-order valence-corrected chi connectivity index (χ4v) is 4.65. The first-order valence-corrected chi connectivity index (χ1v) is 10.1. The summed E-state index contributed by atoms with van der Waals surface area (Å²) in [6, 6.07) is 13.0. The van der Waals surface area contributed by atoms with Crippen LogP contribution in [-0.2, 0) is 11.2 Å². The minimum atomic E-state index is -1.39. The molecule has 1 heterocycles. The Labute approximate surface area is 161 Å². The lowest BCUT2D eigenvalue weighted by Gasteiger charge is -2.11. The molecular formula is C18H14O5S3. The van der Waals surface area contributed by atoms with Gasteiger partial charge in [0.2, 0.25) is 0 Å². The molecule has 0 saturated heterocycles. The number of aliphatic hydroxyl groups is 1. The molecule has 1 unspecified atom stereocenters. The summed E-state index contributed by atoms with van der Waals surface area (Å²) in [7, 11) is 3.11. The normalized spacial score (nSPS) is 11.9. The Morgan fingerprint density at radius 3 is 2.38 bits per heavy atom. The van der Waals surface area contributed by atoms with Gasteiger partial charge in [-0.3, -0.25) is 0 Å². The van der Waals surface area contributed by atoms with Crippen LogP contribution in [0.15, 0.2) is 48.5 Å². The maximum absolute atomic E-state index is 12.0. The molecule has 0 fully saturated rings. The molecule has 0 aliphatic heterocycles. The molecule has 2 aromatic carbocycles. The average molecular weight is 407 g/mol. The molecule has 0 spiro atoms. The summed E-state index contributed by atoms with van der Waals surface area (Å²) in [5, 5.41) is 28.7. The van der Waals surface area contributed by atoms with Gasteiger partial charge in [0, 0.05) is 11.3 Å². The predicted molar refractivity (Wildman–Crippen MR) is 104 cm³/mol. The number of rotatable bonds is 5. The van der Waals surface area contributed by atoms with E-state index in [0.29, 0.717) is 11.3 Å². The van der Waals surface area contributed by atoms with E-state index in [9.17, 15) is 20.1 Å². The molecular weight excluding hydrogens is 392 g/mol. The van der Waals surface area contributed by atoms with E-state index in [1.807, 2.05) is 18.2 Å². The van der Waals surface area contributed by atoms with E-state index in [4.69, 9.17) is 17.0 Å². The van der Waals surface area contributed by atoms with Crippen molar-refractivity contribution in [3.05, 3.63) is 57.9 Å². The number of phenols is 2. The Kier molecular flexibility index (Phi) is 5.67. The quantitative estimate of drug-likeness (QED) is 0.194. The van der Waals surface area contributed by atoms with Crippen molar-refractivity contribution in [3.63, 3.8) is 0 Å². The second-order valence-corrected chi connectivity index (χ2v) is 8.39. The third-order valence-corrected chi connectivity index (χ3v) is 6.47. The number of phenolic OH excluding ortho intramolecular Hbond substituents is 2. The smallest absolute Gasteiger partial charge is 0.340 e. The topological polar surface area (TPSA) is 87.0 Å². The molecule has 1 aromatic heterocycles. The highest BCUT2D eigenvalue weighted by Crippen LogP contribution is 2.30. The molecule has 26 heavy (non-hydrogen) atoms. The van der Waals surface area contributed by atoms with Crippen LogP contribution in [-0.4, -0.2) is 27.4 Å². The van der Waals surface area contributed by atoms with Crippen LogP contribution in [0, 0.1) is 3.82 Å². The van der Waals surface area contributed by atoms with E-state index in [0.717, 1.165) is 14.3 Å². The van der Waals surface area contributed by atoms with Gasteiger partial charge in [0.1, 0.15) is 9.57 Å². The highest BCUT2D eigenvalue weighted by Gasteiger charge is 2.19. The number of carbonyl (C=O) groups is 1. The summed E-state index contributed by atoms with van der Waals surface area (Å²) in [4.78, 5) is 13.1. The van der Waals surface area contributed by atoms with Gasteiger partial charge in [-0.05, 0) is 53.6 Å². The van der Waals surface area contributed by atoms with Crippen molar-refractivity contribution in [1.29, 1.82) is 0 Å². The number of esters is 1. The van der Waals surface area contributed by atoms with Crippen molar-refractivity contribution < 1.29 is 24.9 Å². The van der Waals surface area contributed by atoms with Gasteiger partial charge in [-0.2, -0.15) is 0 Å². The number of hydrogen-bond donors (Lipinski definition) is 3. The number of carbonyl (C=O) groups excluding carboxylic acids is 1. The summed E-state index contributed by atoms with van der Waals surface area (Å²) in [6.45, 7) is 0. The Balaban J connectivity index is 1.63. The summed E-state index contributed by atoms with van der Waals surface area (Å²) in [6.07, 6.45) is -1.43. The van der Waals surface area contributed by atoms with Crippen LogP contribution in [0.5, 0.6) is 17.2 Å². The average Bonchev–Trinajstić information content (AvgIpc) is 3.05. The third kappa shape index (κ3) is 4.47. The van der Waals surface area contributed by atoms with Gasteiger partial charge in [0.25, 0.3) is 0 Å². The summed E-state index contributed by atoms with van der Waals surface area (Å²) in [5.41, 5.74) is 1.47. The number of benzene rings is 2. The third-order valence-electron chi connectivity index (χ3n) is 3.56. The molecule has 3 aromatic rings. The summed E-state index contributed by atoms with van der Waals surface area (Å²) >= 11 is 5.12. The van der Waals surface area contributed by atoms with Gasteiger partial charge < -0.3 is 20.1 Å². The molecule has 8 heteroatoms. The highest BCUT2D eigenvalue weighted by atomic mass is 32.9. The van der Waals surface area contributed by atoms with Crippen molar-refractivity contribution in [2.75, 3.05) is 0 Å². The summed E-state index contributed by atoms with van der Waals surface area (Å²) < 4.78 is 6.01. The lowest BCUT2D eigenvalue weighted by atomic mass is 10.1. The predicted octanol–water partition coefficient (Wildman–Crippen LogP) is 4.13. The second-order valence-electron chi connectivity index (χ2n) is 5.48. The SMILES string of the molecule is O=C(Oc1ccc(-c2cc(=S)ss2)cc1)C(O)Cc1ccc(O)c(O)c1. The number of aliphatic hydroxyl groups excluding tert-OH is 1. The van der Waals surface area contributed by atoms with Crippen LogP contribution < -0.4 is 4.74 Å². The molecule has 1 atom stereocenters. The minimum Gasteiger partial charge on any atom is -0.504 e. The first-order valence-electron chi connectivity index (χ1n) is 7.53. The number of hydrogen-bond acceptors (Lipinski definition) is 8. The molecule has 3 rings (SSSR count).